The summed E-state index contributed by atoms with van der Waals surface area (Å²) in [5.74, 6) is 0.0701. The fourth-order valence-corrected chi connectivity index (χ4v) is 3.95. The minimum Gasteiger partial charge on any atom is -0.347 e. The Morgan fingerprint density at radius 2 is 2.13 bits per heavy atom. The van der Waals surface area contributed by atoms with Crippen LogP contribution in [0.15, 0.2) is 52.8 Å². The minimum absolute atomic E-state index is 0.0701. The molecule has 3 nitrogen and oxygen atoms in total. The topological polar surface area (TPSA) is 33.5 Å². The molecule has 2 rings (SSSR count). The lowest BCUT2D eigenvalue weighted by Crippen LogP contribution is -3.11. The van der Waals surface area contributed by atoms with Crippen LogP contribution < -0.4 is 10.2 Å². The number of benzene rings is 1. The molecule has 0 saturated carbocycles. The van der Waals surface area contributed by atoms with Crippen LogP contribution in [0.3, 0.4) is 0 Å². The Morgan fingerprint density at radius 1 is 1.35 bits per heavy atom. The number of carbonyl (C=O) groups excluding carboxylic acids is 1. The molecule has 1 aromatic carbocycles. The molecule has 0 aliphatic carbocycles. The van der Waals surface area contributed by atoms with Crippen LogP contribution in [0.5, 0.6) is 0 Å². The number of quaternary nitrogens is 1. The van der Waals surface area contributed by atoms with E-state index in [9.17, 15) is 4.79 Å². The molecule has 0 aliphatic heterocycles. The number of thiophene rings is 1. The van der Waals surface area contributed by atoms with Crippen molar-refractivity contribution in [2.45, 2.75) is 20.0 Å². The van der Waals surface area contributed by atoms with Gasteiger partial charge < -0.3 is 10.2 Å². The second-order valence-corrected chi connectivity index (χ2v) is 8.05. The number of rotatable bonds is 8. The molecule has 2 N–H and O–H groups in total. The number of carbonyl (C=O) groups is 1. The Morgan fingerprint density at radius 3 is 2.78 bits per heavy atom. The first kappa shape index (κ1) is 17.9. The smallest absolute Gasteiger partial charge is 0.275 e. The van der Waals surface area contributed by atoms with Crippen molar-refractivity contribution in [3.63, 3.8) is 0 Å². The SMILES string of the molecule is C=CC[NH+](CC(=O)NCc1ccccc1C)Cc1ccc(Br)s1. The van der Waals surface area contributed by atoms with E-state index in [1.165, 1.54) is 15.3 Å². The summed E-state index contributed by atoms with van der Waals surface area (Å²) < 4.78 is 1.12. The Hall–Kier alpha value is -1.43. The zero-order valence-corrected chi connectivity index (χ0v) is 15.7. The third-order valence-electron chi connectivity index (χ3n) is 3.63. The molecule has 0 radical (unpaired) electrons. The average molecular weight is 394 g/mol. The maximum absolute atomic E-state index is 12.2. The number of aryl methyl sites for hydroxylation is 1. The Kier molecular flexibility index (Phi) is 7.02. The van der Waals surface area contributed by atoms with Crippen LogP contribution in [-0.4, -0.2) is 19.0 Å². The number of hydrogen-bond donors (Lipinski definition) is 2. The molecule has 0 saturated heterocycles. The molecule has 0 aliphatic rings. The molecule has 1 aromatic heterocycles. The summed E-state index contributed by atoms with van der Waals surface area (Å²) >= 11 is 5.19. The maximum atomic E-state index is 12.2. The molecule has 0 fully saturated rings. The van der Waals surface area contributed by atoms with E-state index in [0.29, 0.717) is 13.1 Å². The van der Waals surface area contributed by atoms with Gasteiger partial charge in [0.2, 0.25) is 0 Å². The molecule has 2 aromatic rings. The quantitative estimate of drug-likeness (QED) is 0.664. The van der Waals surface area contributed by atoms with Crippen molar-refractivity contribution >= 4 is 33.2 Å². The standard InChI is InChI=1S/C18H21BrN2OS/c1-3-10-21(12-16-8-9-17(19)23-16)13-18(22)20-11-15-7-5-4-6-14(15)2/h3-9H,1,10-13H2,2H3,(H,20,22)/p+1. The third kappa shape index (κ3) is 5.94. The highest BCUT2D eigenvalue weighted by Crippen LogP contribution is 2.21. The molecule has 1 heterocycles. The van der Waals surface area contributed by atoms with Gasteiger partial charge in [0.05, 0.1) is 15.2 Å². The van der Waals surface area contributed by atoms with Gasteiger partial charge in [-0.15, -0.1) is 11.3 Å². The third-order valence-corrected chi connectivity index (χ3v) is 5.26. The molecule has 1 unspecified atom stereocenters. The van der Waals surface area contributed by atoms with E-state index in [4.69, 9.17) is 0 Å². The number of halogens is 1. The summed E-state index contributed by atoms with van der Waals surface area (Å²) in [5.41, 5.74) is 2.36. The lowest BCUT2D eigenvalue weighted by atomic mass is 10.1. The minimum atomic E-state index is 0.0701. The van der Waals surface area contributed by atoms with Crippen LogP contribution >= 0.6 is 27.3 Å². The fourth-order valence-electron chi connectivity index (χ4n) is 2.40. The van der Waals surface area contributed by atoms with Gasteiger partial charge >= 0.3 is 0 Å². The van der Waals surface area contributed by atoms with Crippen molar-refractivity contribution in [1.82, 2.24) is 5.32 Å². The molecule has 1 amide bonds. The van der Waals surface area contributed by atoms with E-state index in [0.717, 1.165) is 22.4 Å². The van der Waals surface area contributed by atoms with Gasteiger partial charge in [-0.05, 0) is 52.2 Å². The molecule has 0 spiro atoms. The number of hydrogen-bond acceptors (Lipinski definition) is 2. The van der Waals surface area contributed by atoms with Crippen LogP contribution in [0.4, 0.5) is 0 Å². The van der Waals surface area contributed by atoms with Crippen LogP contribution in [0.25, 0.3) is 0 Å². The summed E-state index contributed by atoms with van der Waals surface area (Å²) in [7, 11) is 0. The van der Waals surface area contributed by atoms with Crippen molar-refractivity contribution in [2.24, 2.45) is 0 Å². The van der Waals surface area contributed by atoms with Crippen LogP contribution in [-0.2, 0) is 17.9 Å². The predicted molar refractivity (Wildman–Crippen MR) is 99.6 cm³/mol. The molecular formula is C18H22BrN2OS+. The van der Waals surface area contributed by atoms with Gasteiger partial charge in [0.15, 0.2) is 6.54 Å². The highest BCUT2D eigenvalue weighted by molar-refractivity contribution is 9.11. The first-order valence-electron chi connectivity index (χ1n) is 7.58. The van der Waals surface area contributed by atoms with Gasteiger partial charge in [-0.1, -0.05) is 30.8 Å². The zero-order chi connectivity index (χ0) is 16.7. The van der Waals surface area contributed by atoms with Gasteiger partial charge in [-0.3, -0.25) is 4.79 Å². The maximum Gasteiger partial charge on any atom is 0.275 e. The van der Waals surface area contributed by atoms with E-state index in [2.05, 4.69) is 46.9 Å². The van der Waals surface area contributed by atoms with Crippen molar-refractivity contribution < 1.29 is 9.69 Å². The van der Waals surface area contributed by atoms with E-state index < -0.39 is 0 Å². The van der Waals surface area contributed by atoms with Gasteiger partial charge in [0.25, 0.3) is 5.91 Å². The molecular weight excluding hydrogens is 372 g/mol. The van der Waals surface area contributed by atoms with Gasteiger partial charge in [0, 0.05) is 6.54 Å². The molecule has 23 heavy (non-hydrogen) atoms. The van der Waals surface area contributed by atoms with Crippen LogP contribution in [0.1, 0.15) is 16.0 Å². The number of amides is 1. The van der Waals surface area contributed by atoms with Crippen molar-refractivity contribution in [3.8, 4) is 0 Å². The first-order chi connectivity index (χ1) is 11.1. The summed E-state index contributed by atoms with van der Waals surface area (Å²) in [5, 5.41) is 3.02. The fraction of sp³-hybridized carbons (Fsp3) is 0.278. The summed E-state index contributed by atoms with van der Waals surface area (Å²) in [6.45, 7) is 8.50. The van der Waals surface area contributed by atoms with Crippen molar-refractivity contribution in [3.05, 3.63) is 68.8 Å². The van der Waals surface area contributed by atoms with Crippen molar-refractivity contribution in [2.75, 3.05) is 13.1 Å². The Labute approximate surface area is 150 Å². The highest BCUT2D eigenvalue weighted by Gasteiger charge is 2.14. The van der Waals surface area contributed by atoms with Crippen LogP contribution in [0.2, 0.25) is 0 Å². The largest absolute Gasteiger partial charge is 0.347 e. The zero-order valence-electron chi connectivity index (χ0n) is 13.3. The second-order valence-electron chi connectivity index (χ2n) is 5.51. The van der Waals surface area contributed by atoms with E-state index in [1.54, 1.807) is 11.3 Å². The van der Waals surface area contributed by atoms with E-state index in [-0.39, 0.29) is 5.91 Å². The van der Waals surface area contributed by atoms with Crippen LogP contribution in [0, 0.1) is 6.92 Å². The van der Waals surface area contributed by atoms with Gasteiger partial charge in [-0.2, -0.15) is 0 Å². The summed E-state index contributed by atoms with van der Waals surface area (Å²) in [4.78, 5) is 14.7. The molecule has 5 heteroatoms. The second kappa shape index (κ2) is 9.01. The Balaban J connectivity index is 1.87. The van der Waals surface area contributed by atoms with E-state index in [1.807, 2.05) is 30.3 Å². The van der Waals surface area contributed by atoms with Gasteiger partial charge in [-0.25, -0.2) is 0 Å². The molecule has 1 atom stereocenters. The summed E-state index contributed by atoms with van der Waals surface area (Å²) in [6, 6.07) is 12.3. The molecule has 0 bridgehead atoms. The van der Waals surface area contributed by atoms with Crippen molar-refractivity contribution in [1.29, 1.82) is 0 Å². The monoisotopic (exact) mass is 393 g/mol. The highest BCUT2D eigenvalue weighted by atomic mass is 79.9. The lowest BCUT2D eigenvalue weighted by Gasteiger charge is -2.17. The molecule has 122 valence electrons. The normalized spacial score (nSPS) is 11.9. The predicted octanol–water partition coefficient (Wildman–Crippen LogP) is 2.71. The lowest BCUT2D eigenvalue weighted by molar-refractivity contribution is -0.899. The average Bonchev–Trinajstić information content (AvgIpc) is 2.92. The van der Waals surface area contributed by atoms with E-state index >= 15 is 0 Å². The Bertz CT molecular complexity index is 669. The first-order valence-corrected chi connectivity index (χ1v) is 9.19. The summed E-state index contributed by atoms with van der Waals surface area (Å²) in [6.07, 6.45) is 1.87. The number of nitrogens with one attached hydrogen (secondary N) is 2. The van der Waals surface area contributed by atoms with Gasteiger partial charge in [0.1, 0.15) is 6.54 Å².